The van der Waals surface area contributed by atoms with Gasteiger partial charge < -0.3 is 0 Å². The lowest BCUT2D eigenvalue weighted by molar-refractivity contribution is -0.384. The predicted molar refractivity (Wildman–Crippen MR) is 74.1 cm³/mol. The molecule has 2 aromatic rings. The molecule has 0 spiro atoms. The predicted octanol–water partition coefficient (Wildman–Crippen LogP) is 4.91. The van der Waals surface area contributed by atoms with Crippen LogP contribution in [0.3, 0.4) is 0 Å². The lowest BCUT2D eigenvalue weighted by Crippen LogP contribution is -2.04. The van der Waals surface area contributed by atoms with Crippen molar-refractivity contribution < 1.29 is 18.1 Å². The number of nitro benzene ring substituents is 1. The highest BCUT2D eigenvalue weighted by atomic mass is 32.2. The van der Waals surface area contributed by atoms with E-state index in [1.807, 2.05) is 0 Å². The van der Waals surface area contributed by atoms with Gasteiger partial charge in [-0.15, -0.1) is 11.8 Å². The minimum absolute atomic E-state index is 0.0154. The zero-order valence-corrected chi connectivity index (χ0v) is 11.4. The molecule has 110 valence electrons. The van der Waals surface area contributed by atoms with E-state index in [0.29, 0.717) is 11.3 Å². The molecule has 0 heterocycles. The number of non-ortho nitro benzene ring substituents is 1. The number of nitrogens with zero attached hydrogens (tertiary/aromatic N) is 1. The van der Waals surface area contributed by atoms with Gasteiger partial charge in [-0.25, -0.2) is 0 Å². The van der Waals surface area contributed by atoms with E-state index in [1.54, 1.807) is 18.2 Å². The average molecular weight is 313 g/mol. The summed E-state index contributed by atoms with van der Waals surface area (Å²) in [4.78, 5) is 10.8. The van der Waals surface area contributed by atoms with Gasteiger partial charge in [-0.3, -0.25) is 10.1 Å². The van der Waals surface area contributed by atoms with Crippen LogP contribution in [0.1, 0.15) is 11.1 Å². The van der Waals surface area contributed by atoms with Gasteiger partial charge in [0.15, 0.2) is 0 Å². The smallest absolute Gasteiger partial charge is 0.258 e. The standard InChI is InChI=1S/C14H10F3NO2S/c15-14(16,17)11-3-1-2-10(8-11)9-21-13-6-4-12(5-7-13)18(19)20/h1-8H,9H2. The van der Waals surface area contributed by atoms with Crippen molar-refractivity contribution in [3.8, 4) is 0 Å². The lowest BCUT2D eigenvalue weighted by atomic mass is 10.1. The number of hydrogen-bond donors (Lipinski definition) is 0. The number of benzene rings is 2. The number of nitro groups is 1. The van der Waals surface area contributed by atoms with E-state index >= 15 is 0 Å². The highest BCUT2D eigenvalue weighted by Gasteiger charge is 2.30. The molecule has 0 N–H and O–H groups in total. The molecular weight excluding hydrogens is 303 g/mol. The third-order valence-corrected chi connectivity index (χ3v) is 3.79. The average Bonchev–Trinajstić information content (AvgIpc) is 2.45. The minimum Gasteiger partial charge on any atom is -0.258 e. The minimum atomic E-state index is -4.35. The normalized spacial score (nSPS) is 11.4. The van der Waals surface area contributed by atoms with Crippen molar-refractivity contribution in [2.24, 2.45) is 0 Å². The fourth-order valence-electron chi connectivity index (χ4n) is 1.67. The van der Waals surface area contributed by atoms with Crippen molar-refractivity contribution in [3.05, 3.63) is 69.8 Å². The molecule has 0 bridgehead atoms. The van der Waals surface area contributed by atoms with Crippen LogP contribution in [0, 0.1) is 10.1 Å². The van der Waals surface area contributed by atoms with Gasteiger partial charge in [0, 0.05) is 22.8 Å². The second-order valence-corrected chi connectivity index (χ2v) is 5.29. The van der Waals surface area contributed by atoms with Crippen LogP contribution in [-0.4, -0.2) is 4.92 Å². The molecular formula is C14H10F3NO2S. The first-order valence-corrected chi connectivity index (χ1v) is 6.88. The number of hydrogen-bond acceptors (Lipinski definition) is 3. The van der Waals surface area contributed by atoms with E-state index < -0.39 is 16.7 Å². The molecule has 0 amide bonds. The van der Waals surface area contributed by atoms with Crippen LogP contribution in [0.4, 0.5) is 18.9 Å². The van der Waals surface area contributed by atoms with Gasteiger partial charge in [-0.1, -0.05) is 18.2 Å². The van der Waals surface area contributed by atoms with E-state index in [-0.39, 0.29) is 5.69 Å². The molecule has 0 aliphatic carbocycles. The Morgan fingerprint density at radius 2 is 1.76 bits per heavy atom. The zero-order chi connectivity index (χ0) is 15.5. The summed E-state index contributed by atoms with van der Waals surface area (Å²) in [6.07, 6.45) is -4.35. The SMILES string of the molecule is O=[N+]([O-])c1ccc(SCc2cccc(C(F)(F)F)c2)cc1. The summed E-state index contributed by atoms with van der Waals surface area (Å²) in [5, 5.41) is 10.5. The second kappa shape index (κ2) is 6.17. The van der Waals surface area contributed by atoms with Gasteiger partial charge in [0.1, 0.15) is 0 Å². The van der Waals surface area contributed by atoms with Gasteiger partial charge in [0.25, 0.3) is 5.69 Å². The number of thioether (sulfide) groups is 1. The summed E-state index contributed by atoms with van der Waals surface area (Å²) in [6.45, 7) is 0. The Labute approximate surface area is 122 Å². The number of halogens is 3. The van der Waals surface area contributed by atoms with Gasteiger partial charge >= 0.3 is 6.18 Å². The Hall–Kier alpha value is -2.02. The Balaban J connectivity index is 2.04. The van der Waals surface area contributed by atoms with Gasteiger partial charge in [0.05, 0.1) is 10.5 Å². The van der Waals surface area contributed by atoms with E-state index in [2.05, 4.69) is 0 Å². The lowest BCUT2D eigenvalue weighted by Gasteiger charge is -2.08. The first-order chi connectivity index (χ1) is 9.86. The van der Waals surface area contributed by atoms with Crippen molar-refractivity contribution >= 4 is 17.4 Å². The molecule has 7 heteroatoms. The van der Waals surface area contributed by atoms with Crippen LogP contribution in [0.25, 0.3) is 0 Å². The largest absolute Gasteiger partial charge is 0.416 e. The van der Waals surface area contributed by atoms with Crippen LogP contribution in [0.5, 0.6) is 0 Å². The second-order valence-electron chi connectivity index (χ2n) is 4.24. The van der Waals surface area contributed by atoms with E-state index in [1.165, 1.54) is 30.0 Å². The Morgan fingerprint density at radius 1 is 1.10 bits per heavy atom. The number of rotatable bonds is 4. The van der Waals surface area contributed by atoms with Gasteiger partial charge in [-0.05, 0) is 23.8 Å². The highest BCUT2D eigenvalue weighted by Crippen LogP contribution is 2.31. The molecule has 3 nitrogen and oxygen atoms in total. The molecule has 0 radical (unpaired) electrons. The van der Waals surface area contributed by atoms with E-state index in [4.69, 9.17) is 0 Å². The number of alkyl halides is 3. The molecule has 0 aliphatic rings. The van der Waals surface area contributed by atoms with Crippen molar-refractivity contribution in [1.82, 2.24) is 0 Å². The summed E-state index contributed by atoms with van der Waals surface area (Å²) in [7, 11) is 0. The molecule has 0 atom stereocenters. The van der Waals surface area contributed by atoms with Crippen LogP contribution in [0.15, 0.2) is 53.4 Å². The summed E-state index contributed by atoms with van der Waals surface area (Å²) >= 11 is 1.32. The zero-order valence-electron chi connectivity index (χ0n) is 10.6. The van der Waals surface area contributed by atoms with E-state index in [9.17, 15) is 23.3 Å². The van der Waals surface area contributed by atoms with Gasteiger partial charge in [-0.2, -0.15) is 13.2 Å². The Morgan fingerprint density at radius 3 is 2.33 bits per heavy atom. The third-order valence-electron chi connectivity index (χ3n) is 2.71. The summed E-state index contributed by atoms with van der Waals surface area (Å²) in [6, 6.07) is 11.0. The quantitative estimate of drug-likeness (QED) is 0.458. The molecule has 21 heavy (non-hydrogen) atoms. The molecule has 0 unspecified atom stereocenters. The first-order valence-electron chi connectivity index (χ1n) is 5.89. The molecule has 2 rings (SSSR count). The summed E-state index contributed by atoms with van der Waals surface area (Å²) in [5.41, 5.74) is -0.143. The molecule has 2 aromatic carbocycles. The first kappa shape index (κ1) is 15.4. The van der Waals surface area contributed by atoms with Crippen molar-refractivity contribution in [3.63, 3.8) is 0 Å². The van der Waals surface area contributed by atoms with Crippen molar-refractivity contribution in [2.45, 2.75) is 16.8 Å². The molecule has 0 saturated heterocycles. The summed E-state index contributed by atoms with van der Waals surface area (Å²) in [5.74, 6) is 0.363. The molecule has 0 fully saturated rings. The Bertz CT molecular complexity index is 641. The van der Waals surface area contributed by atoms with Gasteiger partial charge in [0.2, 0.25) is 0 Å². The summed E-state index contributed by atoms with van der Waals surface area (Å²) < 4.78 is 37.7. The Kier molecular flexibility index (Phi) is 4.52. The molecule has 0 aliphatic heterocycles. The van der Waals surface area contributed by atoms with Crippen LogP contribution < -0.4 is 0 Å². The topological polar surface area (TPSA) is 43.1 Å². The molecule has 0 saturated carbocycles. The van der Waals surface area contributed by atoms with Crippen molar-refractivity contribution in [1.29, 1.82) is 0 Å². The van der Waals surface area contributed by atoms with Crippen LogP contribution in [0.2, 0.25) is 0 Å². The van der Waals surface area contributed by atoms with Crippen LogP contribution in [-0.2, 0) is 11.9 Å². The van der Waals surface area contributed by atoms with Crippen molar-refractivity contribution in [2.75, 3.05) is 0 Å². The maximum atomic E-state index is 12.6. The highest BCUT2D eigenvalue weighted by molar-refractivity contribution is 7.98. The maximum absolute atomic E-state index is 12.6. The van der Waals surface area contributed by atoms with Crippen LogP contribution >= 0.6 is 11.8 Å². The fraction of sp³-hybridized carbons (Fsp3) is 0.143. The van der Waals surface area contributed by atoms with E-state index in [0.717, 1.165) is 17.0 Å². The fourth-order valence-corrected chi connectivity index (χ4v) is 2.51. The maximum Gasteiger partial charge on any atom is 0.416 e. The third kappa shape index (κ3) is 4.22. The molecule has 0 aromatic heterocycles. The monoisotopic (exact) mass is 313 g/mol.